The molecule has 0 bridgehead atoms. The molecule has 116 valence electrons. The van der Waals surface area contributed by atoms with Crippen LogP contribution in [0.15, 0.2) is 46.9 Å². The number of amides is 2. The van der Waals surface area contributed by atoms with Crippen molar-refractivity contribution in [2.24, 2.45) is 0 Å². The molecule has 0 unspecified atom stereocenters. The second kappa shape index (κ2) is 6.26. The zero-order valence-corrected chi connectivity index (χ0v) is 14.2. The van der Waals surface area contributed by atoms with Crippen molar-refractivity contribution in [1.82, 2.24) is 0 Å². The van der Waals surface area contributed by atoms with Crippen molar-refractivity contribution in [2.75, 3.05) is 10.8 Å². The number of hydrogen-bond donors (Lipinski definition) is 0. The average molecular weight is 393 g/mol. The van der Waals surface area contributed by atoms with Crippen LogP contribution in [-0.4, -0.2) is 23.5 Å². The molecule has 1 aliphatic heterocycles. The predicted molar refractivity (Wildman–Crippen MR) is 91.4 cm³/mol. The highest BCUT2D eigenvalue weighted by Gasteiger charge is 2.38. The quantitative estimate of drug-likeness (QED) is 0.448. The van der Waals surface area contributed by atoms with E-state index in [4.69, 9.17) is 11.6 Å². The summed E-state index contributed by atoms with van der Waals surface area (Å²) >= 11 is 8.96. The van der Waals surface area contributed by atoms with Crippen molar-refractivity contribution in [3.8, 4) is 0 Å². The third kappa shape index (κ3) is 2.71. The Morgan fingerprint density at radius 1 is 1.04 bits per heavy atom. The van der Waals surface area contributed by atoms with Crippen LogP contribution >= 0.6 is 27.5 Å². The zero-order valence-electron chi connectivity index (χ0n) is 11.9. The average Bonchev–Trinajstić information content (AvgIpc) is 2.79. The molecule has 2 amide bonds. The third-order valence-electron chi connectivity index (χ3n) is 3.62. The molecule has 0 saturated heterocycles. The molecule has 0 radical (unpaired) electrons. The number of halogens is 2. The number of fused-ring (bicyclic) bond motifs is 1. The number of alkyl halides is 1. The van der Waals surface area contributed by atoms with E-state index in [1.807, 2.05) is 0 Å². The summed E-state index contributed by atoms with van der Waals surface area (Å²) in [6.45, 7) is 0. The fourth-order valence-corrected chi connectivity index (χ4v) is 3.07. The molecule has 23 heavy (non-hydrogen) atoms. The van der Waals surface area contributed by atoms with E-state index < -0.39 is 11.8 Å². The van der Waals surface area contributed by atoms with Crippen molar-refractivity contribution in [2.45, 2.75) is 6.42 Å². The first kappa shape index (κ1) is 15.9. The summed E-state index contributed by atoms with van der Waals surface area (Å²) in [6, 6.07) is 11.5. The van der Waals surface area contributed by atoms with Crippen LogP contribution in [0.1, 0.15) is 37.5 Å². The van der Waals surface area contributed by atoms with Crippen LogP contribution in [0.25, 0.3) is 0 Å². The number of hydrogen-bond acceptors (Lipinski definition) is 3. The van der Waals surface area contributed by atoms with Crippen molar-refractivity contribution in [1.29, 1.82) is 0 Å². The fraction of sp³-hybridized carbons (Fsp3) is 0.118. The largest absolute Gasteiger partial charge is 0.294 e. The molecule has 0 N–H and O–H groups in total. The Balaban J connectivity index is 2.13. The summed E-state index contributed by atoms with van der Waals surface area (Å²) < 4.78 is 0.673. The number of imide groups is 1. The summed E-state index contributed by atoms with van der Waals surface area (Å²) in [5.41, 5.74) is 1.27. The molecule has 4 nitrogen and oxygen atoms in total. The van der Waals surface area contributed by atoms with E-state index in [0.717, 1.165) is 4.90 Å². The van der Waals surface area contributed by atoms with E-state index in [9.17, 15) is 14.4 Å². The van der Waals surface area contributed by atoms with E-state index in [-0.39, 0.29) is 23.8 Å². The lowest BCUT2D eigenvalue weighted by Gasteiger charge is -2.18. The number of rotatable bonds is 4. The summed E-state index contributed by atoms with van der Waals surface area (Å²) in [7, 11) is 0. The zero-order chi connectivity index (χ0) is 16.6. The second-order valence-corrected chi connectivity index (χ2v) is 6.31. The van der Waals surface area contributed by atoms with Gasteiger partial charge in [0.1, 0.15) is 0 Å². The standard InChI is InChI=1S/C17H11BrClNO3/c18-10-5-6-13(15(21)7-8-19)14(9-10)20-16(22)11-3-1-2-4-12(11)17(20)23/h1-6,9H,7-8H2. The van der Waals surface area contributed by atoms with Gasteiger partial charge in [0.15, 0.2) is 5.78 Å². The Kier molecular flexibility index (Phi) is 4.33. The van der Waals surface area contributed by atoms with Crippen molar-refractivity contribution >= 4 is 50.8 Å². The molecule has 2 aromatic carbocycles. The maximum atomic E-state index is 12.6. The van der Waals surface area contributed by atoms with Crippen molar-refractivity contribution < 1.29 is 14.4 Å². The number of Topliss-reactive ketones (excluding diaryl/α,β-unsaturated/α-hetero) is 1. The van der Waals surface area contributed by atoms with E-state index >= 15 is 0 Å². The number of anilines is 1. The number of benzene rings is 2. The van der Waals surface area contributed by atoms with Crippen LogP contribution in [0.4, 0.5) is 5.69 Å². The normalized spacial score (nSPS) is 13.4. The van der Waals surface area contributed by atoms with Gasteiger partial charge in [-0.2, -0.15) is 0 Å². The second-order valence-electron chi connectivity index (χ2n) is 5.01. The van der Waals surface area contributed by atoms with Crippen molar-refractivity contribution in [3.05, 3.63) is 63.6 Å². The van der Waals surface area contributed by atoms with Gasteiger partial charge >= 0.3 is 0 Å². The van der Waals surface area contributed by atoms with E-state index in [1.54, 1.807) is 42.5 Å². The molecule has 0 saturated carbocycles. The highest BCUT2D eigenvalue weighted by molar-refractivity contribution is 9.10. The van der Waals surface area contributed by atoms with Crippen LogP contribution in [0, 0.1) is 0 Å². The van der Waals surface area contributed by atoms with Gasteiger partial charge in [0.2, 0.25) is 0 Å². The van der Waals surface area contributed by atoms with Crippen LogP contribution in [0.2, 0.25) is 0 Å². The molecule has 2 aromatic rings. The Bertz CT molecular complexity index is 799. The summed E-state index contributed by atoms with van der Waals surface area (Å²) in [5, 5.41) is 0. The van der Waals surface area contributed by atoms with E-state index in [0.29, 0.717) is 21.2 Å². The highest BCUT2D eigenvalue weighted by Crippen LogP contribution is 2.33. The minimum absolute atomic E-state index is 0.138. The maximum absolute atomic E-state index is 12.6. The molecule has 0 spiro atoms. The lowest BCUT2D eigenvalue weighted by atomic mass is 10.1. The minimum Gasteiger partial charge on any atom is -0.294 e. The summed E-state index contributed by atoms with van der Waals surface area (Å²) in [5.74, 6) is -0.887. The van der Waals surface area contributed by atoms with Gasteiger partial charge in [0, 0.05) is 22.3 Å². The molecule has 3 rings (SSSR count). The summed E-state index contributed by atoms with van der Waals surface area (Å²) in [6.07, 6.45) is 0.138. The highest BCUT2D eigenvalue weighted by atomic mass is 79.9. The van der Waals surface area contributed by atoms with Crippen LogP contribution < -0.4 is 4.90 Å². The van der Waals surface area contributed by atoms with Gasteiger partial charge in [-0.05, 0) is 30.3 Å². The van der Waals surface area contributed by atoms with Crippen LogP contribution in [-0.2, 0) is 0 Å². The van der Waals surface area contributed by atoms with Gasteiger partial charge in [-0.3, -0.25) is 14.4 Å². The van der Waals surface area contributed by atoms with Gasteiger partial charge in [-0.15, -0.1) is 11.6 Å². The molecular formula is C17H11BrClNO3. The molecule has 0 aliphatic carbocycles. The lowest BCUT2D eigenvalue weighted by molar-refractivity contribution is 0.0926. The first-order chi connectivity index (χ1) is 11.0. The molecule has 1 aliphatic rings. The monoisotopic (exact) mass is 391 g/mol. The number of ketones is 1. The molecule has 6 heteroatoms. The number of carbonyl (C=O) groups is 3. The first-order valence-corrected chi connectivity index (χ1v) is 8.24. The SMILES string of the molecule is O=C(CCCl)c1ccc(Br)cc1N1C(=O)c2ccccc2C1=O. The number of carbonyl (C=O) groups excluding carboxylic acids is 3. The van der Waals surface area contributed by atoms with Crippen LogP contribution in [0.5, 0.6) is 0 Å². The minimum atomic E-state index is -0.427. The molecule has 0 aromatic heterocycles. The van der Waals surface area contributed by atoms with Gasteiger partial charge in [0.25, 0.3) is 11.8 Å². The molecule has 1 heterocycles. The first-order valence-electron chi connectivity index (χ1n) is 6.91. The third-order valence-corrected chi connectivity index (χ3v) is 4.30. The van der Waals surface area contributed by atoms with Gasteiger partial charge in [-0.1, -0.05) is 28.1 Å². The Labute approximate surface area is 146 Å². The molecular weight excluding hydrogens is 382 g/mol. The van der Waals surface area contributed by atoms with Gasteiger partial charge in [0.05, 0.1) is 16.8 Å². The topological polar surface area (TPSA) is 54.5 Å². The maximum Gasteiger partial charge on any atom is 0.266 e. The Hall–Kier alpha value is -1.98. The van der Waals surface area contributed by atoms with E-state index in [2.05, 4.69) is 15.9 Å². The predicted octanol–water partition coefficient (Wildman–Crippen LogP) is 4.06. The molecule has 0 fully saturated rings. The lowest BCUT2D eigenvalue weighted by Crippen LogP contribution is -2.31. The Morgan fingerprint density at radius 2 is 1.65 bits per heavy atom. The van der Waals surface area contributed by atoms with Gasteiger partial charge in [-0.25, -0.2) is 4.90 Å². The number of nitrogens with zero attached hydrogens (tertiary/aromatic N) is 1. The smallest absolute Gasteiger partial charge is 0.266 e. The van der Waals surface area contributed by atoms with E-state index in [1.165, 1.54) is 0 Å². The van der Waals surface area contributed by atoms with Crippen molar-refractivity contribution in [3.63, 3.8) is 0 Å². The summed E-state index contributed by atoms with van der Waals surface area (Å²) in [4.78, 5) is 38.5. The Morgan fingerprint density at radius 3 is 2.22 bits per heavy atom. The fourth-order valence-electron chi connectivity index (χ4n) is 2.55. The molecule has 0 atom stereocenters. The van der Waals surface area contributed by atoms with Gasteiger partial charge < -0.3 is 0 Å². The van der Waals surface area contributed by atoms with Crippen LogP contribution in [0.3, 0.4) is 0 Å².